The Morgan fingerprint density at radius 2 is 1.71 bits per heavy atom. The van der Waals surface area contributed by atoms with E-state index in [-0.39, 0.29) is 30.3 Å². The molecular formula is C27H29BrFN3O2S. The van der Waals surface area contributed by atoms with Gasteiger partial charge < -0.3 is 15.1 Å². The molecule has 35 heavy (non-hydrogen) atoms. The van der Waals surface area contributed by atoms with Crippen LogP contribution in [-0.2, 0) is 17.9 Å². The fourth-order valence-electron chi connectivity index (χ4n) is 4.39. The van der Waals surface area contributed by atoms with Crippen molar-refractivity contribution in [3.05, 3.63) is 86.8 Å². The Balaban J connectivity index is 1.54. The fourth-order valence-corrected chi connectivity index (χ4v) is 5.49. The average molecular weight is 559 g/mol. The molecule has 1 fully saturated rings. The molecule has 184 valence electrons. The third kappa shape index (κ3) is 7.15. The summed E-state index contributed by atoms with van der Waals surface area (Å²) in [6, 6.07) is 17.4. The normalized spacial score (nSPS) is 13.9. The fraction of sp³-hybridized carbons (Fsp3) is 0.333. The van der Waals surface area contributed by atoms with Crippen molar-refractivity contribution < 1.29 is 14.0 Å². The minimum absolute atomic E-state index is 0.00643. The highest BCUT2D eigenvalue weighted by molar-refractivity contribution is 9.10. The van der Waals surface area contributed by atoms with E-state index < -0.39 is 0 Å². The zero-order valence-corrected chi connectivity index (χ0v) is 21.9. The first-order valence-corrected chi connectivity index (χ1v) is 13.5. The minimum Gasteiger partial charge on any atom is -0.332 e. The predicted molar refractivity (Wildman–Crippen MR) is 142 cm³/mol. The van der Waals surface area contributed by atoms with Gasteiger partial charge in [0, 0.05) is 21.9 Å². The molecule has 1 N–H and O–H groups in total. The summed E-state index contributed by atoms with van der Waals surface area (Å²) in [5.41, 5.74) is 1.52. The van der Waals surface area contributed by atoms with Gasteiger partial charge in [-0.3, -0.25) is 4.79 Å². The summed E-state index contributed by atoms with van der Waals surface area (Å²) < 4.78 is 14.2. The van der Waals surface area contributed by atoms with E-state index in [0.717, 1.165) is 47.0 Å². The molecule has 3 amide bonds. The van der Waals surface area contributed by atoms with Crippen molar-refractivity contribution in [2.75, 3.05) is 11.9 Å². The van der Waals surface area contributed by atoms with Crippen LogP contribution in [0.3, 0.4) is 0 Å². The van der Waals surface area contributed by atoms with E-state index in [1.165, 1.54) is 12.1 Å². The first kappa shape index (κ1) is 25.4. The summed E-state index contributed by atoms with van der Waals surface area (Å²) in [5, 5.41) is 4.96. The summed E-state index contributed by atoms with van der Waals surface area (Å²) in [5.74, 6) is -0.437. The van der Waals surface area contributed by atoms with Gasteiger partial charge in [0.05, 0.1) is 12.2 Å². The number of hydrogen-bond donors (Lipinski definition) is 1. The molecule has 5 nitrogen and oxygen atoms in total. The van der Waals surface area contributed by atoms with Gasteiger partial charge in [0.2, 0.25) is 5.91 Å². The smallest absolute Gasteiger partial charge is 0.322 e. The number of hydrogen-bond acceptors (Lipinski definition) is 3. The number of rotatable bonds is 8. The maximum atomic E-state index is 13.6. The predicted octanol–water partition coefficient (Wildman–Crippen LogP) is 7.05. The van der Waals surface area contributed by atoms with Crippen LogP contribution < -0.4 is 5.32 Å². The molecule has 8 heteroatoms. The number of urea groups is 1. The van der Waals surface area contributed by atoms with E-state index in [9.17, 15) is 14.0 Å². The molecule has 0 atom stereocenters. The van der Waals surface area contributed by atoms with Crippen LogP contribution in [0.5, 0.6) is 0 Å². The zero-order valence-electron chi connectivity index (χ0n) is 19.5. The molecule has 1 aromatic heterocycles. The zero-order chi connectivity index (χ0) is 24.6. The van der Waals surface area contributed by atoms with Crippen molar-refractivity contribution in [3.63, 3.8) is 0 Å². The number of carbonyl (C=O) groups excluding carboxylic acids is 2. The second-order valence-electron chi connectivity index (χ2n) is 8.79. The quantitative estimate of drug-likeness (QED) is 0.322. The second-order valence-corrected chi connectivity index (χ2v) is 10.7. The van der Waals surface area contributed by atoms with E-state index in [1.54, 1.807) is 33.3 Å². The Hall–Kier alpha value is -2.71. The van der Waals surface area contributed by atoms with Gasteiger partial charge in [-0.15, -0.1) is 11.3 Å². The molecule has 1 heterocycles. The Kier molecular flexibility index (Phi) is 8.93. The van der Waals surface area contributed by atoms with Crippen molar-refractivity contribution in [1.82, 2.24) is 9.80 Å². The number of nitrogens with zero attached hydrogens (tertiary/aromatic N) is 2. The second kappa shape index (κ2) is 12.3. The standard InChI is InChI=1S/C27H29BrFN3O2S/c28-24-10-4-5-11-25(24)30-27(34)32(22-7-2-1-3-8-22)19-26(33)31(18-23-9-6-16-35-23)17-20-12-14-21(29)15-13-20/h4-6,9-16,22H,1-3,7-8,17-19H2,(H,30,34). The van der Waals surface area contributed by atoms with Gasteiger partial charge in [-0.05, 0) is 70.0 Å². The van der Waals surface area contributed by atoms with Crippen LogP contribution in [0.15, 0.2) is 70.5 Å². The van der Waals surface area contributed by atoms with Crippen LogP contribution in [0.1, 0.15) is 42.5 Å². The monoisotopic (exact) mass is 557 g/mol. The van der Waals surface area contributed by atoms with Gasteiger partial charge in [-0.25, -0.2) is 9.18 Å². The highest BCUT2D eigenvalue weighted by Crippen LogP contribution is 2.26. The average Bonchev–Trinajstić information content (AvgIpc) is 3.38. The van der Waals surface area contributed by atoms with E-state index in [1.807, 2.05) is 41.8 Å². The molecule has 0 saturated heterocycles. The van der Waals surface area contributed by atoms with Crippen molar-refractivity contribution in [1.29, 1.82) is 0 Å². The largest absolute Gasteiger partial charge is 0.332 e. The number of amides is 3. The molecule has 0 bridgehead atoms. The molecule has 4 rings (SSSR count). The lowest BCUT2D eigenvalue weighted by Gasteiger charge is -2.35. The molecule has 3 aromatic rings. The van der Waals surface area contributed by atoms with Gasteiger partial charge in [0.1, 0.15) is 12.4 Å². The van der Waals surface area contributed by atoms with Crippen molar-refractivity contribution in [3.8, 4) is 0 Å². The first-order valence-electron chi connectivity index (χ1n) is 11.9. The van der Waals surface area contributed by atoms with Gasteiger partial charge in [0.15, 0.2) is 0 Å². The van der Waals surface area contributed by atoms with Crippen LogP contribution in [0.2, 0.25) is 0 Å². The Bertz CT molecular complexity index is 1120. The third-order valence-corrected chi connectivity index (χ3v) is 7.82. The Labute approximate surface area is 218 Å². The van der Waals surface area contributed by atoms with Gasteiger partial charge in [-0.2, -0.15) is 0 Å². The van der Waals surface area contributed by atoms with Gasteiger partial charge in [-0.1, -0.05) is 49.6 Å². The van der Waals surface area contributed by atoms with E-state index in [0.29, 0.717) is 18.8 Å². The lowest BCUT2D eigenvalue weighted by atomic mass is 9.94. The van der Waals surface area contributed by atoms with Crippen molar-refractivity contribution in [2.24, 2.45) is 0 Å². The molecule has 0 aliphatic heterocycles. The van der Waals surface area contributed by atoms with E-state index in [4.69, 9.17) is 0 Å². The van der Waals surface area contributed by atoms with Crippen molar-refractivity contribution >= 4 is 44.9 Å². The number of benzene rings is 2. The number of thiophene rings is 1. The summed E-state index contributed by atoms with van der Waals surface area (Å²) in [6.07, 6.45) is 5.02. The molecule has 1 aliphatic carbocycles. The van der Waals surface area contributed by atoms with Crippen molar-refractivity contribution in [2.45, 2.75) is 51.2 Å². The van der Waals surface area contributed by atoms with Crippen LogP contribution in [-0.4, -0.2) is 34.3 Å². The Morgan fingerprint density at radius 1 is 0.971 bits per heavy atom. The molecule has 1 saturated carbocycles. The lowest BCUT2D eigenvalue weighted by Crippen LogP contribution is -2.49. The maximum absolute atomic E-state index is 13.6. The number of nitrogens with one attached hydrogen (secondary N) is 1. The molecular weight excluding hydrogens is 529 g/mol. The SMILES string of the molecule is O=C(CN(C(=O)Nc1ccccc1Br)C1CCCCC1)N(Cc1ccc(F)cc1)Cc1cccs1. The number of halogens is 2. The number of para-hydroxylation sites is 1. The Morgan fingerprint density at radius 3 is 2.40 bits per heavy atom. The first-order chi connectivity index (χ1) is 17.0. The number of anilines is 1. The summed E-state index contributed by atoms with van der Waals surface area (Å²) in [7, 11) is 0. The molecule has 0 unspecified atom stereocenters. The molecule has 2 aromatic carbocycles. The maximum Gasteiger partial charge on any atom is 0.322 e. The molecule has 0 spiro atoms. The third-order valence-electron chi connectivity index (χ3n) is 6.26. The summed E-state index contributed by atoms with van der Waals surface area (Å²) >= 11 is 5.07. The van der Waals surface area contributed by atoms with E-state index in [2.05, 4.69) is 21.2 Å². The van der Waals surface area contributed by atoms with Crippen LogP contribution in [0.4, 0.5) is 14.9 Å². The highest BCUT2D eigenvalue weighted by atomic mass is 79.9. The van der Waals surface area contributed by atoms with Gasteiger partial charge >= 0.3 is 6.03 Å². The topological polar surface area (TPSA) is 52.7 Å². The molecule has 0 radical (unpaired) electrons. The van der Waals surface area contributed by atoms with E-state index >= 15 is 0 Å². The lowest BCUT2D eigenvalue weighted by molar-refractivity contribution is -0.133. The number of carbonyl (C=O) groups is 2. The van der Waals surface area contributed by atoms with Gasteiger partial charge in [0.25, 0.3) is 0 Å². The minimum atomic E-state index is -0.308. The highest BCUT2D eigenvalue weighted by Gasteiger charge is 2.29. The van der Waals surface area contributed by atoms with Crippen LogP contribution >= 0.6 is 27.3 Å². The molecule has 1 aliphatic rings. The summed E-state index contributed by atoms with van der Waals surface area (Å²) in [6.45, 7) is 0.785. The van der Waals surface area contributed by atoms with Crippen LogP contribution in [0.25, 0.3) is 0 Å². The summed E-state index contributed by atoms with van der Waals surface area (Å²) in [4.78, 5) is 31.6. The van der Waals surface area contributed by atoms with Crippen LogP contribution in [0, 0.1) is 5.82 Å².